The minimum atomic E-state index is -0.0656. The first-order chi connectivity index (χ1) is 9.61. The standard InChI is InChI=1S/C17H18BrNO/c1-3-6-13-7-4-5-8-16(13)19-17(20)14-9-10-15(18)12(2)11-14/h4-5,7-11H,3,6H2,1-2H3,(H,19,20). The number of aryl methyl sites for hydroxylation is 2. The molecule has 1 amide bonds. The normalized spacial score (nSPS) is 10.3. The van der Waals surface area contributed by atoms with Gasteiger partial charge in [0.15, 0.2) is 0 Å². The van der Waals surface area contributed by atoms with Gasteiger partial charge in [0, 0.05) is 15.7 Å². The second-order valence-corrected chi connectivity index (χ2v) is 5.68. The maximum atomic E-state index is 12.3. The summed E-state index contributed by atoms with van der Waals surface area (Å²) in [5, 5.41) is 3.00. The average Bonchev–Trinajstić information content (AvgIpc) is 2.44. The van der Waals surface area contributed by atoms with Crippen molar-refractivity contribution in [3.05, 3.63) is 63.6 Å². The lowest BCUT2D eigenvalue weighted by molar-refractivity contribution is 0.102. The summed E-state index contributed by atoms with van der Waals surface area (Å²) < 4.78 is 1.01. The number of benzene rings is 2. The molecule has 2 aromatic carbocycles. The van der Waals surface area contributed by atoms with Gasteiger partial charge in [-0.25, -0.2) is 0 Å². The number of rotatable bonds is 4. The minimum Gasteiger partial charge on any atom is -0.322 e. The fraction of sp³-hybridized carbons (Fsp3) is 0.235. The summed E-state index contributed by atoms with van der Waals surface area (Å²) in [4.78, 5) is 12.3. The molecular formula is C17H18BrNO. The van der Waals surface area contributed by atoms with Gasteiger partial charge in [0.05, 0.1) is 0 Å². The monoisotopic (exact) mass is 331 g/mol. The summed E-state index contributed by atoms with van der Waals surface area (Å²) in [7, 11) is 0. The van der Waals surface area contributed by atoms with Crippen molar-refractivity contribution in [2.75, 3.05) is 5.32 Å². The third-order valence-electron chi connectivity index (χ3n) is 3.21. The van der Waals surface area contributed by atoms with Crippen molar-refractivity contribution in [3.63, 3.8) is 0 Å². The topological polar surface area (TPSA) is 29.1 Å². The molecule has 2 rings (SSSR count). The fourth-order valence-corrected chi connectivity index (χ4v) is 2.36. The van der Waals surface area contributed by atoms with Crippen LogP contribution >= 0.6 is 15.9 Å². The van der Waals surface area contributed by atoms with Crippen LogP contribution in [-0.4, -0.2) is 5.91 Å². The average molecular weight is 332 g/mol. The van der Waals surface area contributed by atoms with E-state index >= 15 is 0 Å². The highest BCUT2D eigenvalue weighted by Crippen LogP contribution is 2.20. The number of anilines is 1. The molecule has 0 aliphatic rings. The largest absolute Gasteiger partial charge is 0.322 e. The second-order valence-electron chi connectivity index (χ2n) is 4.83. The Morgan fingerprint density at radius 3 is 2.65 bits per heavy atom. The minimum absolute atomic E-state index is 0.0656. The summed E-state index contributed by atoms with van der Waals surface area (Å²) in [6.07, 6.45) is 2.03. The van der Waals surface area contributed by atoms with Crippen molar-refractivity contribution in [1.82, 2.24) is 0 Å². The molecule has 0 aliphatic heterocycles. The Bertz CT molecular complexity index is 622. The zero-order valence-electron chi connectivity index (χ0n) is 11.7. The van der Waals surface area contributed by atoms with Crippen LogP contribution in [0.3, 0.4) is 0 Å². The van der Waals surface area contributed by atoms with Gasteiger partial charge in [0.25, 0.3) is 5.91 Å². The highest BCUT2D eigenvalue weighted by Gasteiger charge is 2.09. The number of hydrogen-bond acceptors (Lipinski definition) is 1. The van der Waals surface area contributed by atoms with Crippen LogP contribution in [0, 0.1) is 6.92 Å². The van der Waals surface area contributed by atoms with E-state index in [4.69, 9.17) is 0 Å². The molecule has 1 N–H and O–H groups in total. The zero-order chi connectivity index (χ0) is 14.5. The Morgan fingerprint density at radius 2 is 1.95 bits per heavy atom. The van der Waals surface area contributed by atoms with Crippen LogP contribution in [0.15, 0.2) is 46.9 Å². The van der Waals surface area contributed by atoms with Crippen LogP contribution in [0.2, 0.25) is 0 Å². The zero-order valence-corrected chi connectivity index (χ0v) is 13.3. The smallest absolute Gasteiger partial charge is 0.255 e. The number of hydrogen-bond donors (Lipinski definition) is 1. The fourth-order valence-electron chi connectivity index (χ4n) is 2.11. The molecule has 0 bridgehead atoms. The van der Waals surface area contributed by atoms with E-state index in [1.165, 1.54) is 5.56 Å². The molecular weight excluding hydrogens is 314 g/mol. The molecule has 104 valence electrons. The van der Waals surface area contributed by atoms with Gasteiger partial charge in [0.1, 0.15) is 0 Å². The number of carbonyl (C=O) groups excluding carboxylic acids is 1. The molecule has 0 aromatic heterocycles. The van der Waals surface area contributed by atoms with Crippen LogP contribution in [-0.2, 0) is 6.42 Å². The first kappa shape index (κ1) is 14.8. The summed E-state index contributed by atoms with van der Waals surface area (Å²) in [5.74, 6) is -0.0656. The van der Waals surface area contributed by atoms with Gasteiger partial charge in [-0.2, -0.15) is 0 Å². The maximum Gasteiger partial charge on any atom is 0.255 e. The molecule has 0 saturated heterocycles. The van der Waals surface area contributed by atoms with E-state index in [0.29, 0.717) is 5.56 Å². The van der Waals surface area contributed by atoms with E-state index in [2.05, 4.69) is 34.2 Å². The predicted octanol–water partition coefficient (Wildman–Crippen LogP) is 4.96. The quantitative estimate of drug-likeness (QED) is 0.842. The number of carbonyl (C=O) groups is 1. The van der Waals surface area contributed by atoms with Gasteiger partial charge in [-0.05, 0) is 48.7 Å². The molecule has 20 heavy (non-hydrogen) atoms. The molecule has 0 radical (unpaired) electrons. The van der Waals surface area contributed by atoms with Crippen molar-refractivity contribution >= 4 is 27.5 Å². The number of amides is 1. The molecule has 0 spiro atoms. The van der Waals surface area contributed by atoms with E-state index in [9.17, 15) is 4.79 Å². The van der Waals surface area contributed by atoms with Gasteiger partial charge in [-0.15, -0.1) is 0 Å². The Morgan fingerprint density at radius 1 is 1.20 bits per heavy atom. The molecule has 0 fully saturated rings. The molecule has 0 atom stereocenters. The van der Waals surface area contributed by atoms with Crippen molar-refractivity contribution < 1.29 is 4.79 Å². The Labute approximate surface area is 128 Å². The molecule has 0 unspecified atom stereocenters. The molecule has 2 aromatic rings. The van der Waals surface area contributed by atoms with Gasteiger partial charge in [-0.3, -0.25) is 4.79 Å². The van der Waals surface area contributed by atoms with Gasteiger partial charge >= 0.3 is 0 Å². The molecule has 2 nitrogen and oxygen atoms in total. The molecule has 0 heterocycles. The molecule has 0 aliphatic carbocycles. The van der Waals surface area contributed by atoms with Crippen molar-refractivity contribution in [3.8, 4) is 0 Å². The number of nitrogens with one attached hydrogen (secondary N) is 1. The van der Waals surface area contributed by atoms with E-state index in [1.54, 1.807) is 0 Å². The van der Waals surface area contributed by atoms with Crippen molar-refractivity contribution in [2.45, 2.75) is 26.7 Å². The highest BCUT2D eigenvalue weighted by atomic mass is 79.9. The third kappa shape index (κ3) is 3.48. The van der Waals surface area contributed by atoms with Gasteiger partial charge in [-0.1, -0.05) is 47.5 Å². The van der Waals surface area contributed by atoms with Crippen LogP contribution in [0.5, 0.6) is 0 Å². The Kier molecular flexibility index (Phi) is 4.96. The summed E-state index contributed by atoms with van der Waals surface area (Å²) in [6.45, 7) is 4.11. The van der Waals surface area contributed by atoms with Gasteiger partial charge < -0.3 is 5.32 Å². The Hall–Kier alpha value is -1.61. The van der Waals surface area contributed by atoms with E-state index in [1.807, 2.05) is 43.3 Å². The highest BCUT2D eigenvalue weighted by molar-refractivity contribution is 9.10. The SMILES string of the molecule is CCCc1ccccc1NC(=O)c1ccc(Br)c(C)c1. The van der Waals surface area contributed by atoms with Gasteiger partial charge in [0.2, 0.25) is 0 Å². The predicted molar refractivity (Wildman–Crippen MR) is 87.3 cm³/mol. The van der Waals surface area contributed by atoms with Crippen molar-refractivity contribution in [1.29, 1.82) is 0 Å². The van der Waals surface area contributed by atoms with E-state index in [0.717, 1.165) is 28.6 Å². The lowest BCUT2D eigenvalue weighted by Gasteiger charge is -2.11. The third-order valence-corrected chi connectivity index (χ3v) is 4.09. The summed E-state index contributed by atoms with van der Waals surface area (Å²) >= 11 is 3.45. The van der Waals surface area contributed by atoms with Crippen LogP contribution in [0.25, 0.3) is 0 Å². The first-order valence-electron chi connectivity index (χ1n) is 6.77. The molecule has 0 saturated carbocycles. The maximum absolute atomic E-state index is 12.3. The van der Waals surface area contributed by atoms with Crippen LogP contribution < -0.4 is 5.32 Å². The number of halogens is 1. The first-order valence-corrected chi connectivity index (χ1v) is 7.56. The summed E-state index contributed by atoms with van der Waals surface area (Å²) in [6, 6.07) is 13.6. The lowest BCUT2D eigenvalue weighted by Crippen LogP contribution is -2.13. The second kappa shape index (κ2) is 6.71. The van der Waals surface area contributed by atoms with Crippen molar-refractivity contribution in [2.24, 2.45) is 0 Å². The molecule has 3 heteroatoms. The van der Waals surface area contributed by atoms with Crippen LogP contribution in [0.1, 0.15) is 34.8 Å². The lowest BCUT2D eigenvalue weighted by atomic mass is 10.1. The number of para-hydroxylation sites is 1. The van der Waals surface area contributed by atoms with Crippen LogP contribution in [0.4, 0.5) is 5.69 Å². The summed E-state index contributed by atoms with van der Waals surface area (Å²) in [5.41, 5.74) is 3.81. The Balaban J connectivity index is 2.21. The van der Waals surface area contributed by atoms with E-state index in [-0.39, 0.29) is 5.91 Å². The van der Waals surface area contributed by atoms with E-state index < -0.39 is 0 Å².